The molecule has 4 rings (SSSR count). The van der Waals surface area contributed by atoms with Gasteiger partial charge >= 0.3 is 0 Å². The average molecular weight is 444 g/mol. The van der Waals surface area contributed by atoms with Gasteiger partial charge in [-0.1, -0.05) is 36.4 Å². The third-order valence-electron chi connectivity index (χ3n) is 5.53. The highest BCUT2D eigenvalue weighted by Crippen LogP contribution is 2.19. The molecule has 0 aliphatic carbocycles. The number of hydrogen-bond acceptors (Lipinski definition) is 4. The number of fused-ring (bicyclic) bond motifs is 1. The quantitative estimate of drug-likeness (QED) is 0.345. The number of nitrogens with one attached hydrogen (secondary N) is 1. The van der Waals surface area contributed by atoms with Gasteiger partial charge in [0.05, 0.1) is 36.9 Å². The molecule has 170 valence electrons. The first-order valence-corrected chi connectivity index (χ1v) is 11.2. The maximum absolute atomic E-state index is 12.7. The highest BCUT2D eigenvalue weighted by molar-refractivity contribution is 5.96. The van der Waals surface area contributed by atoms with Crippen molar-refractivity contribution < 1.29 is 14.3 Å². The Hall–Kier alpha value is -3.80. The van der Waals surface area contributed by atoms with Crippen LogP contribution in [0.5, 0.6) is 11.5 Å². The van der Waals surface area contributed by atoms with Crippen molar-refractivity contribution in [3.63, 3.8) is 0 Å². The number of aryl methyl sites for hydroxylation is 2. The molecule has 0 aliphatic rings. The van der Waals surface area contributed by atoms with Crippen LogP contribution < -0.4 is 14.8 Å². The van der Waals surface area contributed by atoms with Gasteiger partial charge in [-0.05, 0) is 61.7 Å². The van der Waals surface area contributed by atoms with E-state index in [0.29, 0.717) is 24.5 Å². The summed E-state index contributed by atoms with van der Waals surface area (Å²) < 4.78 is 13.4. The number of ether oxygens (including phenoxy) is 2. The van der Waals surface area contributed by atoms with Crippen molar-refractivity contribution in [2.24, 2.45) is 0 Å². The summed E-state index contributed by atoms with van der Waals surface area (Å²) in [5.74, 6) is 2.11. The van der Waals surface area contributed by atoms with E-state index in [0.717, 1.165) is 42.0 Å². The lowest BCUT2D eigenvalue weighted by molar-refractivity contribution is 0.0946. The second kappa shape index (κ2) is 10.7. The minimum atomic E-state index is -0.183. The van der Waals surface area contributed by atoms with E-state index in [2.05, 4.69) is 28.9 Å². The maximum Gasteiger partial charge on any atom is 0.255 e. The number of methoxy groups -OCH3 is 1. The minimum Gasteiger partial charge on any atom is -0.496 e. The maximum atomic E-state index is 12.7. The zero-order valence-corrected chi connectivity index (χ0v) is 19.1. The number of para-hydroxylation sites is 3. The zero-order chi connectivity index (χ0) is 23.0. The lowest BCUT2D eigenvalue weighted by atomic mass is 10.2. The first-order chi connectivity index (χ1) is 16.2. The summed E-state index contributed by atoms with van der Waals surface area (Å²) in [6.07, 6.45) is 1.87. The standard InChI is InChI=1S/C27H29N3O3/c1-20-10-9-11-21(18-20)33-17-8-7-16-30-24-14-5-4-13-23(24)29-26(30)19-28-27(31)22-12-3-6-15-25(22)32-2/h3-6,9-15,18H,7-8,16-17,19H2,1-2H3,(H,28,31). The molecule has 0 unspecified atom stereocenters. The van der Waals surface area contributed by atoms with Gasteiger partial charge in [0.15, 0.2) is 0 Å². The fourth-order valence-electron chi connectivity index (χ4n) is 3.86. The van der Waals surface area contributed by atoms with Crippen molar-refractivity contribution in [2.45, 2.75) is 32.9 Å². The van der Waals surface area contributed by atoms with Crippen molar-refractivity contribution in [3.05, 3.63) is 89.7 Å². The van der Waals surface area contributed by atoms with Crippen LogP contribution in [-0.4, -0.2) is 29.2 Å². The van der Waals surface area contributed by atoms with Crippen LogP contribution in [0.25, 0.3) is 11.0 Å². The molecule has 4 aromatic rings. The Balaban J connectivity index is 1.39. The molecular formula is C27H29N3O3. The van der Waals surface area contributed by atoms with Crippen LogP contribution in [-0.2, 0) is 13.1 Å². The fourth-order valence-corrected chi connectivity index (χ4v) is 3.86. The topological polar surface area (TPSA) is 65.4 Å². The molecule has 0 bridgehead atoms. The van der Waals surface area contributed by atoms with E-state index in [1.165, 1.54) is 5.56 Å². The molecule has 0 aliphatic heterocycles. The number of rotatable bonds is 10. The summed E-state index contributed by atoms with van der Waals surface area (Å²) in [6.45, 7) is 3.87. The largest absolute Gasteiger partial charge is 0.496 e. The number of nitrogens with zero attached hydrogens (tertiary/aromatic N) is 2. The Morgan fingerprint density at radius 2 is 1.82 bits per heavy atom. The zero-order valence-electron chi connectivity index (χ0n) is 19.1. The molecule has 1 aromatic heterocycles. The van der Waals surface area contributed by atoms with E-state index in [4.69, 9.17) is 14.5 Å². The van der Waals surface area contributed by atoms with E-state index < -0.39 is 0 Å². The third-order valence-corrected chi connectivity index (χ3v) is 5.53. The first-order valence-electron chi connectivity index (χ1n) is 11.2. The Morgan fingerprint density at radius 3 is 2.67 bits per heavy atom. The van der Waals surface area contributed by atoms with E-state index in [1.807, 2.05) is 48.5 Å². The highest BCUT2D eigenvalue weighted by Gasteiger charge is 2.14. The Bertz CT molecular complexity index is 1230. The van der Waals surface area contributed by atoms with Crippen molar-refractivity contribution in [2.75, 3.05) is 13.7 Å². The minimum absolute atomic E-state index is 0.183. The summed E-state index contributed by atoms with van der Waals surface area (Å²) in [5.41, 5.74) is 3.70. The predicted octanol–water partition coefficient (Wildman–Crippen LogP) is 5.14. The molecule has 0 saturated carbocycles. The fraction of sp³-hybridized carbons (Fsp3) is 0.259. The number of unbranched alkanes of at least 4 members (excludes halogenated alkanes) is 1. The van der Waals surface area contributed by atoms with Crippen LogP contribution in [0.15, 0.2) is 72.8 Å². The smallest absolute Gasteiger partial charge is 0.255 e. The highest BCUT2D eigenvalue weighted by atomic mass is 16.5. The van der Waals surface area contributed by atoms with Gasteiger partial charge in [0.1, 0.15) is 17.3 Å². The number of hydrogen-bond donors (Lipinski definition) is 1. The summed E-state index contributed by atoms with van der Waals surface area (Å²) in [5, 5.41) is 2.99. The second-order valence-corrected chi connectivity index (χ2v) is 7.92. The lowest BCUT2D eigenvalue weighted by Crippen LogP contribution is -2.25. The SMILES string of the molecule is COc1ccccc1C(=O)NCc1nc2ccccc2n1CCCCOc1cccc(C)c1. The summed E-state index contributed by atoms with van der Waals surface area (Å²) in [7, 11) is 1.56. The molecule has 33 heavy (non-hydrogen) atoms. The molecule has 6 nitrogen and oxygen atoms in total. The van der Waals surface area contributed by atoms with Gasteiger partial charge in [-0.15, -0.1) is 0 Å². The number of benzene rings is 3. The van der Waals surface area contributed by atoms with Crippen molar-refractivity contribution in [1.82, 2.24) is 14.9 Å². The Morgan fingerprint density at radius 1 is 1.00 bits per heavy atom. The Kier molecular flexibility index (Phi) is 7.25. The van der Waals surface area contributed by atoms with Gasteiger partial charge in [-0.2, -0.15) is 0 Å². The van der Waals surface area contributed by atoms with Crippen molar-refractivity contribution in [3.8, 4) is 11.5 Å². The van der Waals surface area contributed by atoms with Crippen LogP contribution in [0.2, 0.25) is 0 Å². The summed E-state index contributed by atoms with van der Waals surface area (Å²) in [6, 6.07) is 23.4. The van der Waals surface area contributed by atoms with E-state index in [9.17, 15) is 4.79 Å². The van der Waals surface area contributed by atoms with Crippen LogP contribution in [0, 0.1) is 6.92 Å². The normalized spacial score (nSPS) is 10.8. The number of aromatic nitrogens is 2. The molecule has 3 aromatic carbocycles. The van der Waals surface area contributed by atoms with Crippen molar-refractivity contribution in [1.29, 1.82) is 0 Å². The number of amides is 1. The molecule has 1 heterocycles. The summed E-state index contributed by atoms with van der Waals surface area (Å²) >= 11 is 0. The molecule has 6 heteroatoms. The van der Waals surface area contributed by atoms with E-state index in [-0.39, 0.29) is 5.91 Å². The number of carbonyl (C=O) groups excluding carboxylic acids is 1. The van der Waals surface area contributed by atoms with Crippen LogP contribution in [0.4, 0.5) is 0 Å². The van der Waals surface area contributed by atoms with Gasteiger partial charge in [0.2, 0.25) is 0 Å². The molecule has 0 fully saturated rings. The van der Waals surface area contributed by atoms with E-state index in [1.54, 1.807) is 19.2 Å². The molecule has 1 N–H and O–H groups in total. The number of imidazole rings is 1. The van der Waals surface area contributed by atoms with Crippen LogP contribution >= 0.6 is 0 Å². The van der Waals surface area contributed by atoms with Crippen LogP contribution in [0.3, 0.4) is 0 Å². The second-order valence-electron chi connectivity index (χ2n) is 7.92. The molecule has 0 radical (unpaired) electrons. The molecule has 0 spiro atoms. The monoisotopic (exact) mass is 443 g/mol. The predicted molar refractivity (Wildman–Crippen MR) is 130 cm³/mol. The first kappa shape index (κ1) is 22.4. The summed E-state index contributed by atoms with van der Waals surface area (Å²) in [4.78, 5) is 17.5. The van der Waals surface area contributed by atoms with Gasteiger partial charge in [0.25, 0.3) is 5.91 Å². The van der Waals surface area contributed by atoms with Crippen molar-refractivity contribution >= 4 is 16.9 Å². The van der Waals surface area contributed by atoms with Crippen LogP contribution in [0.1, 0.15) is 34.6 Å². The average Bonchev–Trinajstić information content (AvgIpc) is 3.19. The molecular weight excluding hydrogens is 414 g/mol. The van der Waals surface area contributed by atoms with E-state index >= 15 is 0 Å². The molecule has 1 amide bonds. The van der Waals surface area contributed by atoms with Gasteiger partial charge in [-0.25, -0.2) is 4.98 Å². The Labute approximate surface area is 194 Å². The number of carbonyl (C=O) groups is 1. The third kappa shape index (κ3) is 5.52. The molecule has 0 saturated heterocycles. The molecule has 0 atom stereocenters. The van der Waals surface area contributed by atoms with Gasteiger partial charge < -0.3 is 19.4 Å². The van der Waals surface area contributed by atoms with Gasteiger partial charge in [-0.3, -0.25) is 4.79 Å². The van der Waals surface area contributed by atoms with Gasteiger partial charge in [0, 0.05) is 6.54 Å². The lowest BCUT2D eigenvalue weighted by Gasteiger charge is -2.12.